The van der Waals surface area contributed by atoms with Gasteiger partial charge >= 0.3 is 5.97 Å². The van der Waals surface area contributed by atoms with E-state index in [1.807, 2.05) is 0 Å². The van der Waals surface area contributed by atoms with Crippen LogP contribution in [0.15, 0.2) is 42.5 Å². The molecule has 9 heteroatoms. The molecule has 2 rings (SSSR count). The number of nitrogens with one attached hydrogen (secondary N) is 2. The van der Waals surface area contributed by atoms with Gasteiger partial charge in [0.15, 0.2) is 6.10 Å². The second-order valence-corrected chi connectivity index (χ2v) is 6.08. The number of halogens is 3. The number of ether oxygens (including phenoxy) is 1. The molecule has 2 aromatic rings. The normalized spacial score (nSPS) is 11.4. The maximum atomic E-state index is 13.5. The van der Waals surface area contributed by atoms with E-state index in [0.717, 1.165) is 12.1 Å². The van der Waals surface area contributed by atoms with Crippen molar-refractivity contribution in [1.29, 1.82) is 0 Å². The summed E-state index contributed by atoms with van der Waals surface area (Å²) in [5, 5.41) is 4.71. The Labute approximate surface area is 165 Å². The van der Waals surface area contributed by atoms with Crippen molar-refractivity contribution in [2.75, 3.05) is 11.9 Å². The third kappa shape index (κ3) is 6.63. The van der Waals surface area contributed by atoms with Crippen LogP contribution >= 0.6 is 0 Å². The topological polar surface area (TPSA) is 84.5 Å². The minimum absolute atomic E-state index is 0.0314. The fourth-order valence-electron chi connectivity index (χ4n) is 2.31. The zero-order chi connectivity index (χ0) is 21.4. The lowest BCUT2D eigenvalue weighted by molar-refractivity contribution is -0.153. The second kappa shape index (κ2) is 10.3. The summed E-state index contributed by atoms with van der Waals surface area (Å²) in [5.41, 5.74) is -0.344. The Kier molecular flexibility index (Phi) is 7.76. The van der Waals surface area contributed by atoms with Gasteiger partial charge in [-0.05, 0) is 37.6 Å². The molecule has 0 saturated heterocycles. The Morgan fingerprint density at radius 1 is 1.03 bits per heavy atom. The lowest BCUT2D eigenvalue weighted by Crippen LogP contribution is -2.30. The molecule has 0 aliphatic carbocycles. The van der Waals surface area contributed by atoms with Crippen LogP contribution in [-0.4, -0.2) is 30.4 Å². The quantitative estimate of drug-likeness (QED) is 0.519. The first-order valence-electron chi connectivity index (χ1n) is 8.76. The number of carbonyl (C=O) groups is 3. The van der Waals surface area contributed by atoms with Crippen molar-refractivity contribution < 1.29 is 32.3 Å². The molecule has 0 aliphatic rings. The van der Waals surface area contributed by atoms with E-state index in [9.17, 15) is 27.6 Å². The van der Waals surface area contributed by atoms with E-state index >= 15 is 0 Å². The summed E-state index contributed by atoms with van der Waals surface area (Å²) >= 11 is 0. The molecule has 0 spiro atoms. The molecule has 2 N–H and O–H groups in total. The molecule has 2 aromatic carbocycles. The van der Waals surface area contributed by atoms with Gasteiger partial charge in [0.05, 0.1) is 11.3 Å². The van der Waals surface area contributed by atoms with Gasteiger partial charge in [-0.1, -0.05) is 12.1 Å². The molecule has 0 aliphatic heterocycles. The Morgan fingerprint density at radius 2 is 1.76 bits per heavy atom. The third-order valence-electron chi connectivity index (χ3n) is 3.83. The van der Waals surface area contributed by atoms with Crippen LogP contribution in [0.3, 0.4) is 0 Å². The number of anilines is 1. The molecular weight excluding hydrogens is 389 g/mol. The average molecular weight is 408 g/mol. The monoisotopic (exact) mass is 408 g/mol. The van der Waals surface area contributed by atoms with E-state index < -0.39 is 41.3 Å². The van der Waals surface area contributed by atoms with E-state index in [-0.39, 0.29) is 30.6 Å². The molecule has 0 bridgehead atoms. The molecule has 6 nitrogen and oxygen atoms in total. The van der Waals surface area contributed by atoms with Gasteiger partial charge in [0.2, 0.25) is 0 Å². The number of hydrogen-bond acceptors (Lipinski definition) is 4. The smallest absolute Gasteiger partial charge is 0.306 e. The minimum atomic E-state index is -1.15. The van der Waals surface area contributed by atoms with Gasteiger partial charge in [0.1, 0.15) is 17.5 Å². The molecule has 0 saturated carbocycles. The predicted octanol–water partition coefficient (Wildman–Crippen LogP) is 3.18. The number of esters is 1. The summed E-state index contributed by atoms with van der Waals surface area (Å²) < 4.78 is 44.8. The maximum absolute atomic E-state index is 13.5. The number of carbonyl (C=O) groups excluding carboxylic acids is 3. The van der Waals surface area contributed by atoms with Crippen LogP contribution < -0.4 is 10.6 Å². The average Bonchev–Trinajstić information content (AvgIpc) is 2.66. The Bertz CT molecular complexity index is 905. The zero-order valence-corrected chi connectivity index (χ0v) is 15.5. The summed E-state index contributed by atoms with van der Waals surface area (Å²) in [6.45, 7) is 1.38. The van der Waals surface area contributed by atoms with Crippen LogP contribution in [0.4, 0.5) is 18.9 Å². The molecule has 1 unspecified atom stereocenters. The molecule has 154 valence electrons. The maximum Gasteiger partial charge on any atom is 0.306 e. The summed E-state index contributed by atoms with van der Waals surface area (Å²) in [6, 6.07) is 8.14. The van der Waals surface area contributed by atoms with Crippen molar-refractivity contribution in [3.63, 3.8) is 0 Å². The van der Waals surface area contributed by atoms with Crippen LogP contribution in [-0.2, 0) is 14.3 Å². The summed E-state index contributed by atoms with van der Waals surface area (Å²) in [7, 11) is 0. The van der Waals surface area contributed by atoms with Crippen LogP contribution in [0.1, 0.15) is 30.1 Å². The highest BCUT2D eigenvalue weighted by molar-refractivity contribution is 5.95. The van der Waals surface area contributed by atoms with Gasteiger partial charge in [-0.2, -0.15) is 0 Å². The van der Waals surface area contributed by atoms with Gasteiger partial charge in [0.25, 0.3) is 11.8 Å². The number of para-hydroxylation sites is 1. The molecule has 1 atom stereocenters. The molecule has 0 aromatic heterocycles. The fourth-order valence-corrected chi connectivity index (χ4v) is 2.31. The van der Waals surface area contributed by atoms with Crippen LogP contribution in [0.2, 0.25) is 0 Å². The first-order valence-corrected chi connectivity index (χ1v) is 8.76. The summed E-state index contributed by atoms with van der Waals surface area (Å²) in [6.07, 6.45) is -1.08. The van der Waals surface area contributed by atoms with E-state index in [1.54, 1.807) is 6.07 Å². The number of hydrogen-bond donors (Lipinski definition) is 2. The molecule has 0 heterocycles. The number of benzene rings is 2. The van der Waals surface area contributed by atoms with Crippen molar-refractivity contribution in [2.45, 2.75) is 25.9 Å². The largest absolute Gasteiger partial charge is 0.453 e. The Morgan fingerprint density at radius 3 is 2.45 bits per heavy atom. The van der Waals surface area contributed by atoms with Crippen molar-refractivity contribution in [3.05, 3.63) is 65.5 Å². The standard InChI is InChI=1S/C20H19F3N2O4/c1-12(19(27)25-17-6-3-2-5-15(17)22)29-18(26)7-4-10-24-20(28)14-9-8-13(21)11-16(14)23/h2-3,5-6,8-9,11-12H,4,7,10H2,1H3,(H,24,28)(H,25,27). The minimum Gasteiger partial charge on any atom is -0.453 e. The molecular formula is C20H19F3N2O4. The highest BCUT2D eigenvalue weighted by Gasteiger charge is 2.19. The molecule has 29 heavy (non-hydrogen) atoms. The molecule has 0 radical (unpaired) electrons. The van der Waals surface area contributed by atoms with Crippen LogP contribution in [0.5, 0.6) is 0 Å². The van der Waals surface area contributed by atoms with E-state index in [2.05, 4.69) is 10.6 Å². The highest BCUT2D eigenvalue weighted by atomic mass is 19.1. The first kappa shape index (κ1) is 21.9. The molecule has 2 amide bonds. The van der Waals surface area contributed by atoms with E-state index in [4.69, 9.17) is 4.74 Å². The van der Waals surface area contributed by atoms with Crippen LogP contribution in [0.25, 0.3) is 0 Å². The summed E-state index contributed by atoms with van der Waals surface area (Å²) in [5.74, 6) is -4.53. The lowest BCUT2D eigenvalue weighted by Gasteiger charge is -2.14. The van der Waals surface area contributed by atoms with Gasteiger partial charge in [-0.3, -0.25) is 14.4 Å². The number of amides is 2. The van der Waals surface area contributed by atoms with Gasteiger partial charge in [-0.15, -0.1) is 0 Å². The summed E-state index contributed by atoms with van der Waals surface area (Å²) in [4.78, 5) is 35.6. The third-order valence-corrected chi connectivity index (χ3v) is 3.83. The van der Waals surface area contributed by atoms with Crippen molar-refractivity contribution in [1.82, 2.24) is 5.32 Å². The fraction of sp³-hybridized carbons (Fsp3) is 0.250. The van der Waals surface area contributed by atoms with Gasteiger partial charge < -0.3 is 15.4 Å². The van der Waals surface area contributed by atoms with Gasteiger partial charge in [0, 0.05) is 19.0 Å². The lowest BCUT2D eigenvalue weighted by atomic mass is 10.2. The predicted molar refractivity (Wildman–Crippen MR) is 98.5 cm³/mol. The van der Waals surface area contributed by atoms with Gasteiger partial charge in [-0.25, -0.2) is 13.2 Å². The SMILES string of the molecule is CC(OC(=O)CCCNC(=O)c1ccc(F)cc1F)C(=O)Nc1ccccc1F. The van der Waals surface area contributed by atoms with Crippen LogP contribution in [0, 0.1) is 17.5 Å². The zero-order valence-electron chi connectivity index (χ0n) is 15.5. The Balaban J connectivity index is 1.71. The van der Waals surface area contributed by atoms with Crippen molar-refractivity contribution in [2.24, 2.45) is 0 Å². The molecule has 0 fully saturated rings. The van der Waals surface area contributed by atoms with Crippen molar-refractivity contribution in [3.8, 4) is 0 Å². The van der Waals surface area contributed by atoms with Crippen molar-refractivity contribution >= 4 is 23.5 Å². The highest BCUT2D eigenvalue weighted by Crippen LogP contribution is 2.13. The van der Waals surface area contributed by atoms with E-state index in [0.29, 0.717) is 6.07 Å². The first-order chi connectivity index (χ1) is 13.8. The Hall–Kier alpha value is -3.36. The second-order valence-electron chi connectivity index (χ2n) is 6.08. The van der Waals surface area contributed by atoms with E-state index in [1.165, 1.54) is 25.1 Å². The number of rotatable bonds is 8.